The number of anilines is 1. The second-order valence-corrected chi connectivity index (χ2v) is 7.36. The molecule has 0 spiro atoms. The third-order valence-electron chi connectivity index (χ3n) is 3.64. The average molecular weight is 396 g/mol. The summed E-state index contributed by atoms with van der Waals surface area (Å²) < 4.78 is 0. The van der Waals surface area contributed by atoms with Gasteiger partial charge in [-0.15, -0.1) is 11.8 Å². The number of carbonyl (C=O) groups excluding carboxylic acids is 2. The second kappa shape index (κ2) is 7.07. The van der Waals surface area contributed by atoms with E-state index in [4.69, 9.17) is 23.2 Å². The molecule has 1 saturated heterocycles. The van der Waals surface area contributed by atoms with Gasteiger partial charge in [0.25, 0.3) is 0 Å². The monoisotopic (exact) mass is 395 g/mol. The first-order valence-electron chi connectivity index (χ1n) is 7.19. The first kappa shape index (κ1) is 17.8. The van der Waals surface area contributed by atoms with Crippen molar-refractivity contribution >= 4 is 58.4 Å². The summed E-state index contributed by atoms with van der Waals surface area (Å²) in [5.74, 6) is -1.91. The summed E-state index contributed by atoms with van der Waals surface area (Å²) in [5.41, 5.74) is 0.367. The lowest BCUT2D eigenvalue weighted by atomic mass is 10.2. The number of imide groups is 1. The molecular formula is C17H11Cl2NO4S. The molecule has 8 heteroatoms. The first-order valence-corrected chi connectivity index (χ1v) is 8.83. The van der Waals surface area contributed by atoms with E-state index in [0.29, 0.717) is 9.92 Å². The van der Waals surface area contributed by atoms with E-state index in [9.17, 15) is 19.5 Å². The Hall–Kier alpha value is -2.02. The van der Waals surface area contributed by atoms with Crippen molar-refractivity contribution in [3.63, 3.8) is 0 Å². The van der Waals surface area contributed by atoms with E-state index >= 15 is 0 Å². The molecule has 0 unspecified atom stereocenters. The van der Waals surface area contributed by atoms with Gasteiger partial charge in [0.1, 0.15) is 0 Å². The van der Waals surface area contributed by atoms with Crippen LogP contribution in [0.5, 0.6) is 0 Å². The minimum Gasteiger partial charge on any atom is -0.478 e. The fraction of sp³-hybridized carbons (Fsp3) is 0.118. The zero-order valence-corrected chi connectivity index (χ0v) is 14.9. The van der Waals surface area contributed by atoms with Crippen molar-refractivity contribution in [2.45, 2.75) is 16.6 Å². The van der Waals surface area contributed by atoms with Gasteiger partial charge in [0.2, 0.25) is 11.8 Å². The number of carboxylic acids is 1. The summed E-state index contributed by atoms with van der Waals surface area (Å²) in [4.78, 5) is 37.8. The summed E-state index contributed by atoms with van der Waals surface area (Å²) in [6, 6.07) is 10.9. The Morgan fingerprint density at radius 2 is 1.88 bits per heavy atom. The maximum Gasteiger partial charge on any atom is 0.336 e. The highest BCUT2D eigenvalue weighted by molar-refractivity contribution is 8.00. The van der Waals surface area contributed by atoms with Gasteiger partial charge in [0, 0.05) is 16.3 Å². The number of amides is 2. The van der Waals surface area contributed by atoms with Gasteiger partial charge >= 0.3 is 5.97 Å². The zero-order valence-electron chi connectivity index (χ0n) is 12.6. The van der Waals surface area contributed by atoms with Crippen molar-refractivity contribution in [2.24, 2.45) is 0 Å². The van der Waals surface area contributed by atoms with E-state index < -0.39 is 17.1 Å². The van der Waals surface area contributed by atoms with E-state index in [0.717, 1.165) is 16.7 Å². The largest absolute Gasteiger partial charge is 0.478 e. The molecule has 0 saturated carbocycles. The highest BCUT2D eigenvalue weighted by Gasteiger charge is 2.41. The molecule has 128 valence electrons. The number of aromatic carboxylic acids is 1. The Balaban J connectivity index is 1.88. The molecule has 1 N–H and O–H groups in total. The van der Waals surface area contributed by atoms with Crippen molar-refractivity contribution < 1.29 is 19.5 Å². The molecule has 0 bridgehead atoms. The smallest absolute Gasteiger partial charge is 0.336 e. The molecule has 1 atom stereocenters. The maximum absolute atomic E-state index is 12.7. The Morgan fingerprint density at radius 3 is 2.56 bits per heavy atom. The van der Waals surface area contributed by atoms with Crippen LogP contribution in [-0.2, 0) is 9.59 Å². The van der Waals surface area contributed by atoms with E-state index in [1.54, 1.807) is 24.3 Å². The molecule has 1 aliphatic heterocycles. The van der Waals surface area contributed by atoms with E-state index in [2.05, 4.69) is 0 Å². The van der Waals surface area contributed by atoms with E-state index in [-0.39, 0.29) is 28.6 Å². The minimum atomic E-state index is -1.09. The zero-order chi connectivity index (χ0) is 18.1. The summed E-state index contributed by atoms with van der Waals surface area (Å²) >= 11 is 13.0. The van der Waals surface area contributed by atoms with Crippen LogP contribution in [0.15, 0.2) is 47.4 Å². The lowest BCUT2D eigenvalue weighted by Crippen LogP contribution is -2.31. The number of thioether (sulfide) groups is 1. The van der Waals surface area contributed by atoms with Gasteiger partial charge in [-0.25, -0.2) is 9.69 Å². The van der Waals surface area contributed by atoms with Gasteiger partial charge < -0.3 is 5.11 Å². The summed E-state index contributed by atoms with van der Waals surface area (Å²) in [7, 11) is 0. The van der Waals surface area contributed by atoms with Crippen LogP contribution in [0.4, 0.5) is 5.69 Å². The Kier molecular flexibility index (Phi) is 5.03. The van der Waals surface area contributed by atoms with Crippen molar-refractivity contribution in [3.05, 3.63) is 58.1 Å². The maximum atomic E-state index is 12.7. The van der Waals surface area contributed by atoms with Gasteiger partial charge in [0.05, 0.1) is 21.5 Å². The number of nitrogens with zero attached hydrogens (tertiary/aromatic N) is 1. The van der Waals surface area contributed by atoms with Crippen molar-refractivity contribution in [3.8, 4) is 0 Å². The summed E-state index contributed by atoms with van der Waals surface area (Å²) in [6.07, 6.45) is -0.0313. The summed E-state index contributed by atoms with van der Waals surface area (Å²) in [5, 5.41) is 9.13. The Morgan fingerprint density at radius 1 is 1.16 bits per heavy atom. The lowest BCUT2D eigenvalue weighted by Gasteiger charge is -2.16. The van der Waals surface area contributed by atoms with Crippen LogP contribution in [0.3, 0.4) is 0 Å². The molecule has 5 nitrogen and oxygen atoms in total. The van der Waals surface area contributed by atoms with Gasteiger partial charge in [-0.1, -0.05) is 35.3 Å². The standard InChI is InChI=1S/C17H11Cl2NO4S/c18-9-5-6-12(11(19)7-9)20-15(21)8-14(16(20)22)25-13-4-2-1-3-10(13)17(23)24/h1-7,14H,8H2,(H,23,24)/t14-/m0/s1. The predicted molar refractivity (Wildman–Crippen MR) is 96.6 cm³/mol. The van der Waals surface area contributed by atoms with Gasteiger partial charge in [-0.2, -0.15) is 0 Å². The second-order valence-electron chi connectivity index (χ2n) is 5.28. The first-order chi connectivity index (χ1) is 11.9. The Labute approximate surface area is 157 Å². The fourth-order valence-corrected chi connectivity index (χ4v) is 4.18. The number of benzene rings is 2. The molecule has 1 fully saturated rings. The van der Waals surface area contributed by atoms with E-state index in [1.807, 2.05) is 0 Å². The van der Waals surface area contributed by atoms with Gasteiger partial charge in [-0.05, 0) is 30.3 Å². The minimum absolute atomic E-state index is 0.0313. The molecule has 0 aliphatic carbocycles. The molecule has 2 aromatic rings. The molecule has 25 heavy (non-hydrogen) atoms. The van der Waals surface area contributed by atoms with Crippen LogP contribution >= 0.6 is 35.0 Å². The number of carbonyl (C=O) groups is 3. The molecule has 1 aliphatic rings. The van der Waals surface area contributed by atoms with Crippen LogP contribution < -0.4 is 4.90 Å². The number of carboxylic acid groups (broad SMARTS) is 1. The predicted octanol–water partition coefficient (Wildman–Crippen LogP) is 4.12. The molecule has 3 rings (SSSR count). The van der Waals surface area contributed by atoms with Crippen LogP contribution in [0.25, 0.3) is 0 Å². The number of halogens is 2. The fourth-order valence-electron chi connectivity index (χ4n) is 2.51. The number of hydrogen-bond acceptors (Lipinski definition) is 4. The SMILES string of the molecule is O=C(O)c1ccccc1S[C@H]1CC(=O)N(c2ccc(Cl)cc2Cl)C1=O. The quantitative estimate of drug-likeness (QED) is 0.788. The number of hydrogen-bond donors (Lipinski definition) is 1. The highest BCUT2D eigenvalue weighted by atomic mass is 35.5. The summed E-state index contributed by atoms with van der Waals surface area (Å²) in [6.45, 7) is 0. The molecular weight excluding hydrogens is 385 g/mol. The molecule has 1 heterocycles. The van der Waals surface area contributed by atoms with E-state index in [1.165, 1.54) is 18.2 Å². The number of rotatable bonds is 4. The molecule has 2 aromatic carbocycles. The van der Waals surface area contributed by atoms with Crippen LogP contribution in [-0.4, -0.2) is 28.1 Å². The molecule has 2 amide bonds. The third kappa shape index (κ3) is 3.51. The van der Waals surface area contributed by atoms with Gasteiger partial charge in [0.15, 0.2) is 0 Å². The average Bonchev–Trinajstić information content (AvgIpc) is 2.82. The van der Waals surface area contributed by atoms with Crippen LogP contribution in [0.2, 0.25) is 10.0 Å². The molecule has 0 radical (unpaired) electrons. The normalized spacial score (nSPS) is 17.2. The van der Waals surface area contributed by atoms with Crippen molar-refractivity contribution in [1.82, 2.24) is 0 Å². The molecule has 0 aromatic heterocycles. The third-order valence-corrected chi connectivity index (χ3v) is 5.44. The van der Waals surface area contributed by atoms with Crippen LogP contribution in [0.1, 0.15) is 16.8 Å². The van der Waals surface area contributed by atoms with Crippen molar-refractivity contribution in [1.29, 1.82) is 0 Å². The lowest BCUT2D eigenvalue weighted by molar-refractivity contribution is -0.121. The van der Waals surface area contributed by atoms with Crippen molar-refractivity contribution in [2.75, 3.05) is 4.90 Å². The Bertz CT molecular complexity index is 887. The van der Waals surface area contributed by atoms with Gasteiger partial charge in [-0.3, -0.25) is 9.59 Å². The topological polar surface area (TPSA) is 74.7 Å². The highest BCUT2D eigenvalue weighted by Crippen LogP contribution is 2.38. The van der Waals surface area contributed by atoms with Crippen LogP contribution in [0, 0.1) is 0 Å².